The van der Waals surface area contributed by atoms with Crippen LogP contribution in [0, 0.1) is 5.82 Å². The molecule has 0 spiro atoms. The third-order valence-corrected chi connectivity index (χ3v) is 7.92. The lowest BCUT2D eigenvalue weighted by Gasteiger charge is -2.34. The van der Waals surface area contributed by atoms with Crippen molar-refractivity contribution in [2.24, 2.45) is 0 Å². The van der Waals surface area contributed by atoms with Crippen molar-refractivity contribution in [3.05, 3.63) is 58.0 Å². The third-order valence-electron chi connectivity index (χ3n) is 6.92. The van der Waals surface area contributed by atoms with Gasteiger partial charge in [-0.25, -0.2) is 4.39 Å². The van der Waals surface area contributed by atoms with E-state index in [-0.39, 0.29) is 29.8 Å². The highest BCUT2D eigenvalue weighted by Crippen LogP contribution is 2.33. The van der Waals surface area contributed by atoms with Gasteiger partial charge in [0.2, 0.25) is 0 Å². The first-order valence-electron chi connectivity index (χ1n) is 11.5. The number of halogens is 2. The summed E-state index contributed by atoms with van der Waals surface area (Å²) in [6, 6.07) is 5.77. The molecule has 0 radical (unpaired) electrons. The number of aromatic nitrogens is 3. The molecule has 0 amide bonds. The number of nitrogens with one attached hydrogen (secondary N) is 1. The lowest BCUT2D eigenvalue weighted by molar-refractivity contribution is 0.174. The molecule has 1 N–H and O–H groups in total. The topological polar surface area (TPSA) is 72.3 Å². The van der Waals surface area contributed by atoms with Crippen LogP contribution in [-0.2, 0) is 13.0 Å². The standard InChI is InChI=1S/C24H26FN5O2S.ClH/c25-19-12-28-20-1-2-23(31)30-17(10-18(19)24(20)30)14-29-5-3-15(4-6-29)26-11-16-9-22-21(13-27-16)32-7-8-33-22;/h1-2,9,12-13,15,17,26H,3-8,10-11,14H2;1H. The van der Waals surface area contributed by atoms with Crippen molar-refractivity contribution in [1.29, 1.82) is 0 Å². The van der Waals surface area contributed by atoms with E-state index in [1.165, 1.54) is 11.1 Å². The maximum atomic E-state index is 14.4. The van der Waals surface area contributed by atoms with Gasteiger partial charge in [-0.3, -0.25) is 14.8 Å². The molecule has 34 heavy (non-hydrogen) atoms. The van der Waals surface area contributed by atoms with Gasteiger partial charge in [0.25, 0.3) is 5.56 Å². The molecule has 180 valence electrons. The van der Waals surface area contributed by atoms with Crippen LogP contribution in [0.1, 0.15) is 30.1 Å². The molecule has 7 nitrogen and oxygen atoms in total. The van der Waals surface area contributed by atoms with Crippen molar-refractivity contribution in [2.45, 2.75) is 42.8 Å². The zero-order valence-corrected chi connectivity index (χ0v) is 20.3. The van der Waals surface area contributed by atoms with Gasteiger partial charge >= 0.3 is 0 Å². The van der Waals surface area contributed by atoms with Crippen LogP contribution in [0.25, 0.3) is 11.0 Å². The molecule has 3 aliphatic rings. The van der Waals surface area contributed by atoms with Crippen LogP contribution in [-0.4, -0.2) is 57.5 Å². The number of hydrogen-bond donors (Lipinski definition) is 1. The number of pyridine rings is 3. The molecule has 1 atom stereocenters. The number of piperidine rings is 1. The first-order chi connectivity index (χ1) is 16.2. The number of nitrogens with zero attached hydrogens (tertiary/aromatic N) is 4. The Labute approximate surface area is 207 Å². The van der Waals surface area contributed by atoms with Gasteiger partial charge in [0.15, 0.2) is 5.75 Å². The summed E-state index contributed by atoms with van der Waals surface area (Å²) in [4.78, 5) is 24.9. The second-order valence-electron chi connectivity index (χ2n) is 8.99. The average Bonchev–Trinajstić information content (AvgIpc) is 3.23. The Kier molecular flexibility index (Phi) is 6.79. The van der Waals surface area contributed by atoms with Crippen LogP contribution in [0.15, 0.2) is 40.3 Å². The molecule has 1 saturated heterocycles. The molecule has 0 aliphatic carbocycles. The normalized spacial score (nSPS) is 20.1. The van der Waals surface area contributed by atoms with E-state index < -0.39 is 0 Å². The number of likely N-dealkylation sites (tertiary alicyclic amines) is 1. The Hall–Kier alpha value is -2.20. The summed E-state index contributed by atoms with van der Waals surface area (Å²) >= 11 is 1.82. The number of rotatable bonds is 5. The van der Waals surface area contributed by atoms with Crippen molar-refractivity contribution in [3.63, 3.8) is 0 Å². The van der Waals surface area contributed by atoms with Crippen LogP contribution in [0.3, 0.4) is 0 Å². The van der Waals surface area contributed by atoms with Gasteiger partial charge < -0.3 is 19.5 Å². The van der Waals surface area contributed by atoms with Gasteiger partial charge in [-0.05, 0) is 44.5 Å². The second-order valence-corrected chi connectivity index (χ2v) is 10.1. The maximum Gasteiger partial charge on any atom is 0.251 e. The molecule has 10 heteroatoms. The van der Waals surface area contributed by atoms with Gasteiger partial charge in [0.1, 0.15) is 5.82 Å². The molecule has 1 unspecified atom stereocenters. The summed E-state index contributed by atoms with van der Waals surface area (Å²) < 4.78 is 21.8. The van der Waals surface area contributed by atoms with Crippen molar-refractivity contribution in [2.75, 3.05) is 32.0 Å². The molecule has 1 fully saturated rings. The van der Waals surface area contributed by atoms with Gasteiger partial charge in [-0.2, -0.15) is 0 Å². The first kappa shape index (κ1) is 23.5. The van der Waals surface area contributed by atoms with E-state index in [0.717, 1.165) is 62.8 Å². The molecule has 3 aliphatic heterocycles. The summed E-state index contributed by atoms with van der Waals surface area (Å²) in [6.07, 6.45) is 5.74. The molecule has 6 rings (SSSR count). The second kappa shape index (κ2) is 9.81. The van der Waals surface area contributed by atoms with Gasteiger partial charge in [-0.15, -0.1) is 24.2 Å². The maximum absolute atomic E-state index is 14.4. The lowest BCUT2D eigenvalue weighted by Crippen LogP contribution is -2.44. The quantitative estimate of drug-likeness (QED) is 0.573. The lowest BCUT2D eigenvalue weighted by atomic mass is 10.0. The smallest absolute Gasteiger partial charge is 0.251 e. The Balaban J connectivity index is 0.00000241. The van der Waals surface area contributed by atoms with E-state index in [1.807, 2.05) is 18.0 Å². The van der Waals surface area contributed by atoms with E-state index in [0.29, 0.717) is 29.1 Å². The fourth-order valence-electron chi connectivity index (χ4n) is 5.25. The van der Waals surface area contributed by atoms with E-state index >= 15 is 0 Å². The first-order valence-corrected chi connectivity index (χ1v) is 12.5. The zero-order valence-electron chi connectivity index (χ0n) is 18.7. The van der Waals surface area contributed by atoms with Crippen LogP contribution in [0.5, 0.6) is 5.75 Å². The SMILES string of the molecule is Cl.O=c1ccc2ncc(F)c3c2n1C(CN1CCC(NCc2cc4c(cn2)OCCS4)CC1)C3. The summed E-state index contributed by atoms with van der Waals surface area (Å²) in [7, 11) is 0. The Morgan fingerprint density at radius 1 is 1.21 bits per heavy atom. The molecule has 0 bridgehead atoms. The predicted molar refractivity (Wildman–Crippen MR) is 133 cm³/mol. The van der Waals surface area contributed by atoms with E-state index in [9.17, 15) is 9.18 Å². The number of fused-ring (bicyclic) bond motifs is 1. The highest BCUT2D eigenvalue weighted by atomic mass is 35.5. The van der Waals surface area contributed by atoms with Crippen LogP contribution >= 0.6 is 24.2 Å². The molecule has 0 aromatic carbocycles. The third kappa shape index (κ3) is 4.42. The van der Waals surface area contributed by atoms with Crippen LogP contribution < -0.4 is 15.6 Å². The minimum Gasteiger partial charge on any atom is -0.490 e. The molecule has 3 aromatic rings. The molecule has 0 saturated carbocycles. The van der Waals surface area contributed by atoms with E-state index in [1.54, 1.807) is 16.7 Å². The summed E-state index contributed by atoms with van der Waals surface area (Å²) in [6.45, 7) is 4.16. The molecular weight excluding hydrogens is 477 g/mol. The van der Waals surface area contributed by atoms with Crippen molar-refractivity contribution < 1.29 is 9.13 Å². The Morgan fingerprint density at radius 2 is 2.06 bits per heavy atom. The minimum atomic E-state index is -0.312. The average molecular weight is 504 g/mol. The molecule has 6 heterocycles. The molecule has 3 aromatic heterocycles. The van der Waals surface area contributed by atoms with Crippen molar-refractivity contribution in [3.8, 4) is 5.75 Å². The van der Waals surface area contributed by atoms with Gasteiger partial charge in [0, 0.05) is 36.5 Å². The largest absolute Gasteiger partial charge is 0.490 e. The summed E-state index contributed by atoms with van der Waals surface area (Å²) in [5.74, 6) is 1.56. The highest BCUT2D eigenvalue weighted by Gasteiger charge is 2.30. The number of thioether (sulfide) groups is 1. The fourth-order valence-corrected chi connectivity index (χ4v) is 6.11. The van der Waals surface area contributed by atoms with Crippen LogP contribution in [0.4, 0.5) is 4.39 Å². The zero-order chi connectivity index (χ0) is 22.4. The van der Waals surface area contributed by atoms with Gasteiger partial charge in [-0.1, -0.05) is 0 Å². The van der Waals surface area contributed by atoms with Crippen molar-refractivity contribution >= 4 is 35.2 Å². The minimum absolute atomic E-state index is 0. The predicted octanol–water partition coefficient (Wildman–Crippen LogP) is 3.19. The Morgan fingerprint density at radius 3 is 2.91 bits per heavy atom. The number of hydrogen-bond acceptors (Lipinski definition) is 7. The molecular formula is C24H27ClFN5O2S. The van der Waals surface area contributed by atoms with Crippen LogP contribution in [0.2, 0.25) is 0 Å². The fraction of sp³-hybridized carbons (Fsp3) is 0.458. The van der Waals surface area contributed by atoms with E-state index in [2.05, 4.69) is 26.3 Å². The van der Waals surface area contributed by atoms with Gasteiger partial charge in [0.05, 0.1) is 46.7 Å². The number of ether oxygens (including phenoxy) is 1. The van der Waals surface area contributed by atoms with E-state index in [4.69, 9.17) is 4.74 Å². The monoisotopic (exact) mass is 503 g/mol. The summed E-state index contributed by atoms with van der Waals surface area (Å²) in [5.41, 5.74) is 2.96. The van der Waals surface area contributed by atoms with Crippen molar-refractivity contribution in [1.82, 2.24) is 24.8 Å². The highest BCUT2D eigenvalue weighted by molar-refractivity contribution is 7.99. The Bertz CT molecular complexity index is 1260. The summed E-state index contributed by atoms with van der Waals surface area (Å²) in [5, 5.41) is 3.65.